The smallest absolute Gasteiger partial charge is 0.374 e. The molecule has 1 unspecified atom stereocenters. The number of benzene rings is 1. The molecule has 0 saturated carbocycles. The number of aromatic nitrogens is 2. The lowest BCUT2D eigenvalue weighted by Crippen LogP contribution is -2.47. The highest BCUT2D eigenvalue weighted by Crippen LogP contribution is 2.40. The van der Waals surface area contributed by atoms with Crippen molar-refractivity contribution in [3.05, 3.63) is 52.0 Å². The van der Waals surface area contributed by atoms with E-state index in [9.17, 15) is 23.1 Å². The zero-order valence-corrected chi connectivity index (χ0v) is 14.5. The number of imidazole rings is 1. The predicted octanol–water partition coefficient (Wildman–Crippen LogP) is 3.18. The first-order chi connectivity index (χ1) is 11.5. The highest BCUT2D eigenvalue weighted by molar-refractivity contribution is 6.35. The number of rotatable bonds is 5. The minimum absolute atomic E-state index is 0.108. The maximum absolute atomic E-state index is 13.4. The van der Waals surface area contributed by atoms with Crippen LogP contribution in [0.15, 0.2) is 30.6 Å². The van der Waals surface area contributed by atoms with Crippen LogP contribution in [0.2, 0.25) is 10.0 Å². The molecule has 1 amide bonds. The quantitative estimate of drug-likeness (QED) is 0.816. The first-order valence-corrected chi connectivity index (χ1v) is 7.77. The van der Waals surface area contributed by atoms with Gasteiger partial charge in [0.15, 0.2) is 5.82 Å². The van der Waals surface area contributed by atoms with Gasteiger partial charge in [0.2, 0.25) is 11.5 Å². The van der Waals surface area contributed by atoms with Crippen LogP contribution < -0.4 is 5.32 Å². The fraction of sp³-hybridized carbons (Fsp3) is 0.333. The number of aryl methyl sites for hydroxylation is 1. The number of alkyl halides is 3. The van der Waals surface area contributed by atoms with Gasteiger partial charge < -0.3 is 15.0 Å². The average Bonchev–Trinajstić information content (AvgIpc) is 2.91. The van der Waals surface area contributed by atoms with Gasteiger partial charge in [-0.25, -0.2) is 4.98 Å². The molecule has 0 aliphatic heterocycles. The number of aliphatic hydroxyl groups is 1. The number of carbonyl (C=O) groups excluding carboxylic acids is 1. The Labute approximate surface area is 151 Å². The predicted molar refractivity (Wildman–Crippen MR) is 86.1 cm³/mol. The van der Waals surface area contributed by atoms with Gasteiger partial charge in [-0.2, -0.15) is 13.2 Å². The SMILES string of the molecule is Cn1ccnc1C(O)(CC(=O)NCc1ccc(Cl)cc1Cl)C(F)(F)F. The van der Waals surface area contributed by atoms with Crippen LogP contribution in [0.25, 0.3) is 0 Å². The molecule has 5 nitrogen and oxygen atoms in total. The van der Waals surface area contributed by atoms with Crippen molar-refractivity contribution in [1.82, 2.24) is 14.9 Å². The molecule has 136 valence electrons. The van der Waals surface area contributed by atoms with Crippen LogP contribution in [0.1, 0.15) is 17.8 Å². The van der Waals surface area contributed by atoms with E-state index in [1.807, 2.05) is 0 Å². The van der Waals surface area contributed by atoms with Gasteiger partial charge in [0, 0.05) is 36.0 Å². The third-order valence-electron chi connectivity index (χ3n) is 3.57. The van der Waals surface area contributed by atoms with Crippen molar-refractivity contribution in [3.63, 3.8) is 0 Å². The fourth-order valence-corrected chi connectivity index (χ4v) is 2.70. The molecule has 10 heteroatoms. The van der Waals surface area contributed by atoms with Crippen LogP contribution in [0.3, 0.4) is 0 Å². The highest BCUT2D eigenvalue weighted by atomic mass is 35.5. The molecule has 0 bridgehead atoms. The first-order valence-electron chi connectivity index (χ1n) is 7.02. The molecule has 2 rings (SSSR count). The summed E-state index contributed by atoms with van der Waals surface area (Å²) in [6.45, 7) is -0.108. The Morgan fingerprint density at radius 3 is 2.56 bits per heavy atom. The van der Waals surface area contributed by atoms with Crippen LogP contribution in [-0.4, -0.2) is 26.7 Å². The van der Waals surface area contributed by atoms with Crippen molar-refractivity contribution in [2.75, 3.05) is 0 Å². The molecule has 1 aromatic carbocycles. The second-order valence-corrected chi connectivity index (χ2v) is 6.25. The van der Waals surface area contributed by atoms with E-state index in [0.29, 0.717) is 10.6 Å². The van der Waals surface area contributed by atoms with Crippen molar-refractivity contribution in [2.45, 2.75) is 24.7 Å². The molecule has 1 aromatic heterocycles. The molecule has 0 fully saturated rings. The molecule has 25 heavy (non-hydrogen) atoms. The third-order valence-corrected chi connectivity index (χ3v) is 4.15. The second-order valence-electron chi connectivity index (χ2n) is 5.41. The number of hydrogen-bond acceptors (Lipinski definition) is 3. The maximum Gasteiger partial charge on any atom is 0.425 e. The number of hydrogen-bond donors (Lipinski definition) is 2. The van der Waals surface area contributed by atoms with Gasteiger partial charge in [-0.05, 0) is 17.7 Å². The Hall–Kier alpha value is -1.77. The van der Waals surface area contributed by atoms with E-state index >= 15 is 0 Å². The van der Waals surface area contributed by atoms with Crippen molar-refractivity contribution in [3.8, 4) is 0 Å². The number of amides is 1. The molecular formula is C15H14Cl2F3N3O2. The normalized spacial score (nSPS) is 14.2. The largest absolute Gasteiger partial charge is 0.425 e. The lowest BCUT2D eigenvalue weighted by Gasteiger charge is -2.29. The van der Waals surface area contributed by atoms with Crippen molar-refractivity contribution >= 4 is 29.1 Å². The zero-order chi connectivity index (χ0) is 18.8. The van der Waals surface area contributed by atoms with Gasteiger partial charge in [-0.3, -0.25) is 4.79 Å². The summed E-state index contributed by atoms with van der Waals surface area (Å²) in [6, 6.07) is 4.53. The highest BCUT2D eigenvalue weighted by Gasteiger charge is 2.58. The van der Waals surface area contributed by atoms with Gasteiger partial charge in [-0.1, -0.05) is 29.3 Å². The van der Waals surface area contributed by atoms with E-state index in [-0.39, 0.29) is 11.6 Å². The summed E-state index contributed by atoms with van der Waals surface area (Å²) in [4.78, 5) is 15.5. The summed E-state index contributed by atoms with van der Waals surface area (Å²) >= 11 is 11.7. The summed E-state index contributed by atoms with van der Waals surface area (Å²) in [7, 11) is 1.30. The minimum atomic E-state index is -5.08. The molecule has 0 aliphatic rings. The van der Waals surface area contributed by atoms with E-state index in [4.69, 9.17) is 23.2 Å². The van der Waals surface area contributed by atoms with Crippen LogP contribution in [0.4, 0.5) is 13.2 Å². The van der Waals surface area contributed by atoms with E-state index in [1.165, 1.54) is 25.4 Å². The first kappa shape index (κ1) is 19.6. The summed E-state index contributed by atoms with van der Waals surface area (Å²) < 4.78 is 41.1. The van der Waals surface area contributed by atoms with Gasteiger partial charge in [0.1, 0.15) is 0 Å². The molecule has 2 N–H and O–H groups in total. The lowest BCUT2D eigenvalue weighted by atomic mass is 9.97. The Morgan fingerprint density at radius 1 is 1.36 bits per heavy atom. The van der Waals surface area contributed by atoms with E-state index < -0.39 is 29.9 Å². The lowest BCUT2D eigenvalue weighted by molar-refractivity contribution is -0.271. The number of nitrogens with one attached hydrogen (secondary N) is 1. The number of carbonyl (C=O) groups is 1. The Balaban J connectivity index is 2.14. The molecule has 0 spiro atoms. The Morgan fingerprint density at radius 2 is 2.04 bits per heavy atom. The number of halogens is 5. The third kappa shape index (κ3) is 4.26. The minimum Gasteiger partial charge on any atom is -0.374 e. The van der Waals surface area contributed by atoms with E-state index in [0.717, 1.165) is 10.8 Å². The average molecular weight is 396 g/mol. The number of nitrogens with zero attached hydrogens (tertiary/aromatic N) is 2. The monoisotopic (exact) mass is 395 g/mol. The van der Waals surface area contributed by atoms with Crippen molar-refractivity contribution < 1.29 is 23.1 Å². The van der Waals surface area contributed by atoms with Gasteiger partial charge in [0.05, 0.1) is 6.42 Å². The summed E-state index contributed by atoms with van der Waals surface area (Å²) in [5, 5.41) is 13.1. The molecule has 2 aromatic rings. The second kappa shape index (κ2) is 7.23. The molecule has 0 aliphatic carbocycles. The van der Waals surface area contributed by atoms with Crippen LogP contribution in [0, 0.1) is 0 Å². The Bertz CT molecular complexity index is 780. The van der Waals surface area contributed by atoms with Gasteiger partial charge in [-0.15, -0.1) is 0 Å². The summed E-state index contributed by atoms with van der Waals surface area (Å²) in [5.41, 5.74) is -2.92. The molecular weight excluding hydrogens is 382 g/mol. The molecule has 0 radical (unpaired) electrons. The van der Waals surface area contributed by atoms with Crippen LogP contribution in [0.5, 0.6) is 0 Å². The summed E-state index contributed by atoms with van der Waals surface area (Å²) in [5.74, 6) is -1.67. The molecule has 1 atom stereocenters. The topological polar surface area (TPSA) is 67.1 Å². The standard InChI is InChI=1S/C15H14Cl2F3N3O2/c1-23-5-4-21-13(23)14(25,15(18,19)20)7-12(24)22-8-9-2-3-10(16)6-11(9)17/h2-6,25H,7-8H2,1H3,(H,22,24). The van der Waals surface area contributed by atoms with E-state index in [1.54, 1.807) is 6.07 Å². The van der Waals surface area contributed by atoms with Crippen LogP contribution in [-0.2, 0) is 24.0 Å². The van der Waals surface area contributed by atoms with Crippen LogP contribution >= 0.6 is 23.2 Å². The zero-order valence-electron chi connectivity index (χ0n) is 12.9. The fourth-order valence-electron chi connectivity index (χ4n) is 2.22. The van der Waals surface area contributed by atoms with Gasteiger partial charge in [0.25, 0.3) is 0 Å². The summed E-state index contributed by atoms with van der Waals surface area (Å²) in [6.07, 6.45) is -3.96. The Kier molecular flexibility index (Phi) is 5.65. The van der Waals surface area contributed by atoms with Crippen molar-refractivity contribution in [1.29, 1.82) is 0 Å². The maximum atomic E-state index is 13.4. The van der Waals surface area contributed by atoms with Gasteiger partial charge >= 0.3 is 6.18 Å². The van der Waals surface area contributed by atoms with E-state index in [2.05, 4.69) is 10.3 Å². The van der Waals surface area contributed by atoms with Crippen molar-refractivity contribution in [2.24, 2.45) is 7.05 Å². The molecule has 1 heterocycles. The molecule has 0 saturated heterocycles.